The van der Waals surface area contributed by atoms with E-state index in [2.05, 4.69) is 15.6 Å². The number of hydrogen-bond acceptors (Lipinski definition) is 6. The number of benzene rings is 2. The Morgan fingerprint density at radius 3 is 2.59 bits per heavy atom. The van der Waals surface area contributed by atoms with Crippen molar-refractivity contribution in [1.82, 2.24) is 15.0 Å². The van der Waals surface area contributed by atoms with Crippen LogP contribution in [0.3, 0.4) is 0 Å². The van der Waals surface area contributed by atoms with Crippen molar-refractivity contribution in [2.45, 2.75) is 26.5 Å². The van der Waals surface area contributed by atoms with E-state index in [-0.39, 0.29) is 0 Å². The van der Waals surface area contributed by atoms with E-state index in [0.717, 1.165) is 5.52 Å². The lowest BCUT2D eigenvalue weighted by Gasteiger charge is -2.14. The second-order valence-electron chi connectivity index (χ2n) is 5.87. The molecular weight excluding hydrogens is 348 g/mol. The summed E-state index contributed by atoms with van der Waals surface area (Å²) in [5, 5.41) is 10.7. The molecule has 1 heterocycles. The molecule has 1 atom stereocenters. The zero-order chi connectivity index (χ0) is 19.4. The van der Waals surface area contributed by atoms with Gasteiger partial charge in [0.1, 0.15) is 11.3 Å². The third-order valence-electron chi connectivity index (χ3n) is 4.06. The highest BCUT2D eigenvalue weighted by atomic mass is 16.5. The molecule has 1 N–H and O–H groups in total. The van der Waals surface area contributed by atoms with Crippen molar-refractivity contribution >= 4 is 28.6 Å². The monoisotopic (exact) mass is 368 g/mol. The molecule has 1 aromatic heterocycles. The van der Waals surface area contributed by atoms with Crippen LogP contribution >= 0.6 is 0 Å². The highest BCUT2D eigenvalue weighted by molar-refractivity contribution is 5.98. The quantitative estimate of drug-likeness (QED) is 0.672. The Hall–Kier alpha value is -3.42. The molecule has 140 valence electrons. The second-order valence-corrected chi connectivity index (χ2v) is 5.87. The normalized spacial score (nSPS) is 11.8. The van der Waals surface area contributed by atoms with Gasteiger partial charge in [-0.15, -0.1) is 5.10 Å². The van der Waals surface area contributed by atoms with Crippen LogP contribution in [0.4, 0.5) is 5.69 Å². The molecule has 3 rings (SSSR count). The molecule has 0 unspecified atom stereocenters. The molecule has 0 spiro atoms. The van der Waals surface area contributed by atoms with E-state index >= 15 is 0 Å². The van der Waals surface area contributed by atoms with Gasteiger partial charge in [-0.2, -0.15) is 0 Å². The predicted molar refractivity (Wildman–Crippen MR) is 99.7 cm³/mol. The van der Waals surface area contributed by atoms with Gasteiger partial charge in [0.15, 0.2) is 6.10 Å². The number of carbonyl (C=O) groups excluding carboxylic acids is 2. The molecule has 0 bridgehead atoms. The number of nitrogens with one attached hydrogen (secondary N) is 1. The summed E-state index contributed by atoms with van der Waals surface area (Å²) in [4.78, 5) is 24.6. The van der Waals surface area contributed by atoms with Crippen molar-refractivity contribution < 1.29 is 19.1 Å². The molecule has 2 aromatic carbocycles. The van der Waals surface area contributed by atoms with Crippen molar-refractivity contribution in [3.05, 3.63) is 48.0 Å². The molecule has 0 radical (unpaired) electrons. The van der Waals surface area contributed by atoms with E-state index in [4.69, 9.17) is 9.47 Å². The first kappa shape index (κ1) is 18.4. The van der Waals surface area contributed by atoms with Gasteiger partial charge < -0.3 is 14.8 Å². The SMILES string of the molecule is CCn1nnc2cc(C(=O)O[C@H](C)C(=O)Nc3ccc(OC)cc3)ccc21. The van der Waals surface area contributed by atoms with Gasteiger partial charge in [-0.3, -0.25) is 4.79 Å². The highest BCUT2D eigenvalue weighted by Gasteiger charge is 2.20. The van der Waals surface area contributed by atoms with Crippen LogP contribution in [0.5, 0.6) is 5.75 Å². The molecule has 0 aliphatic rings. The van der Waals surface area contributed by atoms with Crippen molar-refractivity contribution in [3.8, 4) is 5.75 Å². The molecule has 8 heteroatoms. The first-order chi connectivity index (χ1) is 13.0. The summed E-state index contributed by atoms with van der Waals surface area (Å²) >= 11 is 0. The number of ether oxygens (including phenoxy) is 2. The Morgan fingerprint density at radius 2 is 1.93 bits per heavy atom. The van der Waals surface area contributed by atoms with Crippen LogP contribution < -0.4 is 10.1 Å². The number of hydrogen-bond donors (Lipinski definition) is 1. The van der Waals surface area contributed by atoms with Crippen molar-refractivity contribution in [3.63, 3.8) is 0 Å². The molecule has 27 heavy (non-hydrogen) atoms. The van der Waals surface area contributed by atoms with Gasteiger partial charge in [0.25, 0.3) is 5.91 Å². The van der Waals surface area contributed by atoms with E-state index in [1.807, 2.05) is 6.92 Å². The van der Waals surface area contributed by atoms with E-state index < -0.39 is 18.0 Å². The Bertz CT molecular complexity index is 966. The summed E-state index contributed by atoms with van der Waals surface area (Å²) in [6, 6.07) is 11.9. The van der Waals surface area contributed by atoms with Gasteiger partial charge >= 0.3 is 5.97 Å². The summed E-state index contributed by atoms with van der Waals surface area (Å²) in [6.45, 7) is 4.16. The average molecular weight is 368 g/mol. The van der Waals surface area contributed by atoms with Crippen LogP contribution in [0.2, 0.25) is 0 Å². The third-order valence-corrected chi connectivity index (χ3v) is 4.06. The number of amides is 1. The van der Waals surface area contributed by atoms with Gasteiger partial charge in [0, 0.05) is 12.2 Å². The number of nitrogens with zero attached hydrogens (tertiary/aromatic N) is 3. The third kappa shape index (κ3) is 4.05. The molecule has 0 saturated heterocycles. The van der Waals surface area contributed by atoms with Crippen LogP contribution in [0.1, 0.15) is 24.2 Å². The van der Waals surface area contributed by atoms with Crippen LogP contribution in [0.25, 0.3) is 11.0 Å². The van der Waals surface area contributed by atoms with E-state index in [9.17, 15) is 9.59 Å². The first-order valence-electron chi connectivity index (χ1n) is 8.51. The Morgan fingerprint density at radius 1 is 1.19 bits per heavy atom. The topological polar surface area (TPSA) is 95.3 Å². The number of aromatic nitrogens is 3. The zero-order valence-electron chi connectivity index (χ0n) is 15.3. The van der Waals surface area contributed by atoms with E-state index in [1.54, 1.807) is 54.3 Å². The number of esters is 1. The molecule has 3 aromatic rings. The zero-order valence-corrected chi connectivity index (χ0v) is 15.3. The minimum Gasteiger partial charge on any atom is -0.497 e. The lowest BCUT2D eigenvalue weighted by molar-refractivity contribution is -0.123. The standard InChI is InChI=1S/C19H20N4O4/c1-4-23-17-10-5-13(11-16(17)21-22-23)19(25)27-12(2)18(24)20-14-6-8-15(26-3)9-7-14/h5-12H,4H2,1-3H3,(H,20,24)/t12-/m1/s1. The highest BCUT2D eigenvalue weighted by Crippen LogP contribution is 2.17. The van der Waals surface area contributed by atoms with Gasteiger partial charge in [-0.05, 0) is 56.3 Å². The van der Waals surface area contributed by atoms with Gasteiger partial charge in [-0.25, -0.2) is 9.48 Å². The Kier molecular flexibility index (Phi) is 5.35. The van der Waals surface area contributed by atoms with Crippen molar-refractivity contribution in [2.75, 3.05) is 12.4 Å². The Balaban J connectivity index is 1.64. The molecule has 1 amide bonds. The minimum absolute atomic E-state index is 0.315. The lowest BCUT2D eigenvalue weighted by atomic mass is 10.2. The van der Waals surface area contributed by atoms with Crippen LogP contribution in [0.15, 0.2) is 42.5 Å². The number of carbonyl (C=O) groups is 2. The number of rotatable bonds is 6. The van der Waals surface area contributed by atoms with Gasteiger partial charge in [0.2, 0.25) is 0 Å². The van der Waals surface area contributed by atoms with Crippen LogP contribution in [0, 0.1) is 0 Å². The maximum atomic E-state index is 12.3. The number of methoxy groups -OCH3 is 1. The fraction of sp³-hybridized carbons (Fsp3) is 0.263. The second kappa shape index (κ2) is 7.86. The minimum atomic E-state index is -0.957. The number of fused-ring (bicyclic) bond motifs is 1. The van der Waals surface area contributed by atoms with Crippen LogP contribution in [-0.4, -0.2) is 40.1 Å². The van der Waals surface area contributed by atoms with Crippen LogP contribution in [-0.2, 0) is 16.1 Å². The summed E-state index contributed by atoms with van der Waals surface area (Å²) in [7, 11) is 1.56. The first-order valence-corrected chi connectivity index (χ1v) is 8.51. The maximum absolute atomic E-state index is 12.3. The molecular formula is C19H20N4O4. The largest absolute Gasteiger partial charge is 0.497 e. The average Bonchev–Trinajstić information content (AvgIpc) is 3.10. The van der Waals surface area contributed by atoms with E-state index in [1.165, 1.54) is 6.92 Å². The molecule has 0 aliphatic heterocycles. The van der Waals surface area contributed by atoms with Gasteiger partial charge in [-0.1, -0.05) is 5.21 Å². The molecule has 0 aliphatic carbocycles. The number of anilines is 1. The molecule has 0 saturated carbocycles. The van der Waals surface area contributed by atoms with Crippen molar-refractivity contribution in [1.29, 1.82) is 0 Å². The summed E-state index contributed by atoms with van der Waals surface area (Å²) in [6.07, 6.45) is -0.957. The van der Waals surface area contributed by atoms with Crippen molar-refractivity contribution in [2.24, 2.45) is 0 Å². The Labute approximate surface area is 156 Å². The molecule has 8 nitrogen and oxygen atoms in total. The maximum Gasteiger partial charge on any atom is 0.338 e. The smallest absolute Gasteiger partial charge is 0.338 e. The number of aryl methyl sites for hydroxylation is 1. The predicted octanol–water partition coefficient (Wildman–Crippen LogP) is 2.64. The summed E-state index contributed by atoms with van der Waals surface area (Å²) in [5.41, 5.74) is 2.33. The summed E-state index contributed by atoms with van der Waals surface area (Å²) < 4.78 is 12.1. The fourth-order valence-corrected chi connectivity index (χ4v) is 2.53. The summed E-state index contributed by atoms with van der Waals surface area (Å²) in [5.74, 6) is -0.338. The van der Waals surface area contributed by atoms with Gasteiger partial charge in [0.05, 0.1) is 18.2 Å². The lowest BCUT2D eigenvalue weighted by Crippen LogP contribution is -2.30. The fourth-order valence-electron chi connectivity index (χ4n) is 2.53. The van der Waals surface area contributed by atoms with E-state index in [0.29, 0.717) is 29.1 Å². The molecule has 0 fully saturated rings.